The predicted octanol–water partition coefficient (Wildman–Crippen LogP) is 5.61. The molecule has 2 heterocycles. The lowest BCUT2D eigenvalue weighted by Crippen LogP contribution is -2.47. The highest BCUT2D eigenvalue weighted by atomic mass is 32.1. The zero-order chi connectivity index (χ0) is 24.1. The molecule has 4 rings (SSSR count). The van der Waals surface area contributed by atoms with Crippen molar-refractivity contribution in [3.05, 3.63) is 93.7 Å². The summed E-state index contributed by atoms with van der Waals surface area (Å²) in [5.41, 5.74) is 0.671. The van der Waals surface area contributed by atoms with E-state index >= 15 is 0 Å². The topological polar surface area (TPSA) is 49.4 Å². The number of thiophene rings is 1. The molecule has 178 valence electrons. The average molecular weight is 487 g/mol. The lowest BCUT2D eigenvalue weighted by atomic mass is 9.88. The second-order valence-corrected chi connectivity index (χ2v) is 9.45. The number of nitrogens with zero attached hydrogens (tertiary/aromatic N) is 1. The van der Waals surface area contributed by atoms with Gasteiger partial charge in [0, 0.05) is 18.0 Å². The summed E-state index contributed by atoms with van der Waals surface area (Å²) in [6.45, 7) is 0.280. The summed E-state index contributed by atoms with van der Waals surface area (Å²) in [6.07, 6.45) is -2.92. The highest BCUT2D eigenvalue weighted by Gasteiger charge is 2.35. The predicted molar refractivity (Wildman–Crippen MR) is 125 cm³/mol. The summed E-state index contributed by atoms with van der Waals surface area (Å²) in [7, 11) is 0. The molecular weight excluding hydrogens is 461 g/mol. The van der Waals surface area contributed by atoms with Crippen LogP contribution in [0.25, 0.3) is 0 Å². The van der Waals surface area contributed by atoms with E-state index < -0.39 is 17.7 Å². The number of amides is 2. The highest BCUT2D eigenvalue weighted by molar-refractivity contribution is 7.10. The van der Waals surface area contributed by atoms with Gasteiger partial charge >= 0.3 is 6.18 Å². The van der Waals surface area contributed by atoms with E-state index in [-0.39, 0.29) is 37.4 Å². The molecule has 2 atom stereocenters. The van der Waals surface area contributed by atoms with Gasteiger partial charge in [0.25, 0.3) is 0 Å². The van der Waals surface area contributed by atoms with E-state index in [2.05, 4.69) is 5.32 Å². The van der Waals surface area contributed by atoms with Crippen LogP contribution in [-0.2, 0) is 28.7 Å². The van der Waals surface area contributed by atoms with Crippen LogP contribution in [0.1, 0.15) is 40.5 Å². The Morgan fingerprint density at radius 1 is 1.00 bits per heavy atom. The van der Waals surface area contributed by atoms with Gasteiger partial charge in [0.15, 0.2) is 0 Å². The Bertz CT molecular complexity index is 1120. The van der Waals surface area contributed by atoms with E-state index in [1.807, 2.05) is 47.8 Å². The fourth-order valence-corrected chi connectivity index (χ4v) is 5.03. The number of halogens is 3. The SMILES string of the molecule is O=C(NCc1cccc(C(F)(F)F)c1)[C@@H]1CC[C@H](c2ccccc2)N(C(=O)Cc2cccs2)C1. The first-order valence-electron chi connectivity index (χ1n) is 11.1. The number of nitrogens with one attached hydrogen (secondary N) is 1. The van der Waals surface area contributed by atoms with Crippen molar-refractivity contribution >= 4 is 23.2 Å². The van der Waals surface area contributed by atoms with Crippen LogP contribution in [0.2, 0.25) is 0 Å². The monoisotopic (exact) mass is 486 g/mol. The number of carbonyl (C=O) groups is 2. The number of carbonyl (C=O) groups excluding carboxylic acids is 2. The van der Waals surface area contributed by atoms with Crippen molar-refractivity contribution in [2.24, 2.45) is 5.92 Å². The highest BCUT2D eigenvalue weighted by Crippen LogP contribution is 2.34. The van der Waals surface area contributed by atoms with Crippen molar-refractivity contribution in [3.63, 3.8) is 0 Å². The van der Waals surface area contributed by atoms with Gasteiger partial charge in [0.05, 0.1) is 23.9 Å². The van der Waals surface area contributed by atoms with Gasteiger partial charge in [0.1, 0.15) is 0 Å². The summed E-state index contributed by atoms with van der Waals surface area (Å²) in [6, 6.07) is 18.4. The van der Waals surface area contributed by atoms with Crippen molar-refractivity contribution in [2.45, 2.75) is 38.0 Å². The molecule has 4 nitrogen and oxygen atoms in total. The summed E-state index contributed by atoms with van der Waals surface area (Å²) in [5, 5.41) is 4.69. The van der Waals surface area contributed by atoms with Gasteiger partial charge in [-0.1, -0.05) is 48.5 Å². The fraction of sp³-hybridized carbons (Fsp3) is 0.308. The number of hydrogen-bond acceptors (Lipinski definition) is 3. The smallest absolute Gasteiger partial charge is 0.352 e. The Balaban J connectivity index is 1.44. The summed E-state index contributed by atoms with van der Waals surface area (Å²) < 4.78 is 38.9. The quantitative estimate of drug-likeness (QED) is 0.493. The van der Waals surface area contributed by atoms with Crippen LogP contribution in [0.3, 0.4) is 0 Å². The van der Waals surface area contributed by atoms with Crippen LogP contribution >= 0.6 is 11.3 Å². The molecule has 0 saturated carbocycles. The molecule has 0 radical (unpaired) electrons. The lowest BCUT2D eigenvalue weighted by molar-refractivity contribution is -0.139. The molecule has 34 heavy (non-hydrogen) atoms. The van der Waals surface area contributed by atoms with E-state index in [1.54, 1.807) is 11.0 Å². The second-order valence-electron chi connectivity index (χ2n) is 8.42. The molecule has 0 spiro atoms. The van der Waals surface area contributed by atoms with E-state index in [1.165, 1.54) is 17.4 Å². The third kappa shape index (κ3) is 5.86. The van der Waals surface area contributed by atoms with Gasteiger partial charge < -0.3 is 10.2 Å². The normalized spacial score (nSPS) is 18.5. The maximum absolute atomic E-state index is 13.2. The minimum absolute atomic E-state index is 0.00447. The molecule has 1 aliphatic heterocycles. The number of piperidine rings is 1. The molecule has 2 amide bonds. The number of benzene rings is 2. The Kier molecular flexibility index (Phi) is 7.36. The minimum Gasteiger partial charge on any atom is -0.352 e. The molecule has 0 unspecified atom stereocenters. The van der Waals surface area contributed by atoms with Crippen LogP contribution < -0.4 is 5.32 Å². The summed E-state index contributed by atoms with van der Waals surface area (Å²) >= 11 is 1.52. The molecule has 1 saturated heterocycles. The van der Waals surface area contributed by atoms with Crippen LogP contribution in [0.5, 0.6) is 0 Å². The Morgan fingerprint density at radius 3 is 2.50 bits per heavy atom. The molecule has 0 bridgehead atoms. The van der Waals surface area contributed by atoms with Gasteiger partial charge in [-0.2, -0.15) is 13.2 Å². The van der Waals surface area contributed by atoms with Gasteiger partial charge in [-0.15, -0.1) is 11.3 Å². The zero-order valence-corrected chi connectivity index (χ0v) is 19.2. The standard InChI is InChI=1S/C26H25F3N2O2S/c27-26(28,29)21-9-4-6-18(14-21)16-30-25(33)20-11-12-23(19-7-2-1-3-8-19)31(17-20)24(32)15-22-10-5-13-34-22/h1-10,13-14,20,23H,11-12,15-17H2,(H,30,33)/t20-,23-/m1/s1. The van der Waals surface area contributed by atoms with E-state index in [4.69, 9.17) is 0 Å². The lowest BCUT2D eigenvalue weighted by Gasteiger charge is -2.39. The number of alkyl halides is 3. The average Bonchev–Trinajstić information content (AvgIpc) is 3.35. The molecule has 2 aromatic carbocycles. The summed E-state index contributed by atoms with van der Waals surface area (Å²) in [4.78, 5) is 28.9. The molecular formula is C26H25F3N2O2S. The van der Waals surface area contributed by atoms with Gasteiger partial charge in [-0.3, -0.25) is 9.59 Å². The number of likely N-dealkylation sites (tertiary alicyclic amines) is 1. The van der Waals surface area contributed by atoms with Crippen molar-refractivity contribution in [3.8, 4) is 0 Å². The minimum atomic E-state index is -4.43. The van der Waals surface area contributed by atoms with Crippen LogP contribution in [0.15, 0.2) is 72.1 Å². The first-order chi connectivity index (χ1) is 16.3. The third-order valence-electron chi connectivity index (χ3n) is 6.08. The molecule has 1 aromatic heterocycles. The Hall–Kier alpha value is -3.13. The third-order valence-corrected chi connectivity index (χ3v) is 6.96. The van der Waals surface area contributed by atoms with Gasteiger partial charge in [0.2, 0.25) is 11.8 Å². The first-order valence-corrected chi connectivity index (χ1v) is 12.0. The largest absolute Gasteiger partial charge is 0.416 e. The van der Waals surface area contributed by atoms with Crippen LogP contribution in [0.4, 0.5) is 13.2 Å². The number of rotatable bonds is 6. The molecule has 3 aromatic rings. The molecule has 8 heteroatoms. The summed E-state index contributed by atoms with van der Waals surface area (Å²) in [5.74, 6) is -0.706. The maximum Gasteiger partial charge on any atom is 0.416 e. The second kappa shape index (κ2) is 10.4. The zero-order valence-electron chi connectivity index (χ0n) is 18.4. The van der Waals surface area contributed by atoms with Gasteiger partial charge in [-0.05, 0) is 47.5 Å². The Morgan fingerprint density at radius 2 is 1.79 bits per heavy atom. The van der Waals surface area contributed by atoms with Crippen molar-refractivity contribution < 1.29 is 22.8 Å². The van der Waals surface area contributed by atoms with E-state index in [0.717, 1.165) is 22.6 Å². The molecule has 1 fully saturated rings. The van der Waals surface area contributed by atoms with Gasteiger partial charge in [-0.25, -0.2) is 0 Å². The Labute approximate surface area is 200 Å². The number of hydrogen-bond donors (Lipinski definition) is 1. The van der Waals surface area contributed by atoms with Crippen LogP contribution in [0, 0.1) is 5.92 Å². The molecule has 0 aliphatic carbocycles. The first kappa shape index (κ1) is 24.0. The molecule has 1 aliphatic rings. The van der Waals surface area contributed by atoms with Crippen LogP contribution in [-0.4, -0.2) is 23.3 Å². The van der Waals surface area contributed by atoms with Crippen molar-refractivity contribution in [2.75, 3.05) is 6.54 Å². The van der Waals surface area contributed by atoms with Crippen molar-refractivity contribution in [1.82, 2.24) is 10.2 Å². The van der Waals surface area contributed by atoms with E-state index in [0.29, 0.717) is 18.4 Å². The van der Waals surface area contributed by atoms with E-state index in [9.17, 15) is 22.8 Å². The molecule has 1 N–H and O–H groups in total. The van der Waals surface area contributed by atoms with Crippen molar-refractivity contribution in [1.29, 1.82) is 0 Å². The fourth-order valence-electron chi connectivity index (χ4n) is 4.34. The maximum atomic E-state index is 13.2.